The van der Waals surface area contributed by atoms with Gasteiger partial charge in [-0.05, 0) is 38.6 Å². The fourth-order valence-electron chi connectivity index (χ4n) is 1.99. The zero-order chi connectivity index (χ0) is 10.5. The monoisotopic (exact) mass is 197 g/mol. The summed E-state index contributed by atoms with van der Waals surface area (Å²) in [5.41, 5.74) is 1.13. The second-order valence-corrected chi connectivity index (χ2v) is 4.24. The van der Waals surface area contributed by atoms with Gasteiger partial charge in [-0.2, -0.15) is 0 Å². The summed E-state index contributed by atoms with van der Waals surface area (Å²) in [5, 5.41) is 0. The fraction of sp³-hybridized carbons (Fsp3) is 0.385. The molecule has 0 aliphatic carbocycles. The lowest BCUT2D eigenvalue weighted by Gasteiger charge is -2.24. The summed E-state index contributed by atoms with van der Waals surface area (Å²) in [7, 11) is 2.18. The van der Waals surface area contributed by atoms with Crippen molar-refractivity contribution in [1.29, 1.82) is 0 Å². The van der Waals surface area contributed by atoms with Gasteiger partial charge >= 0.3 is 0 Å². The van der Waals surface area contributed by atoms with Crippen LogP contribution in [0.25, 0.3) is 0 Å². The Bertz CT molecular complexity index is 363. The van der Waals surface area contributed by atoms with Crippen LogP contribution in [0.2, 0.25) is 6.32 Å². The summed E-state index contributed by atoms with van der Waals surface area (Å²) >= 11 is 0. The molecule has 76 valence electrons. The Labute approximate surface area is 92.6 Å². The maximum absolute atomic E-state index is 3.38. The van der Waals surface area contributed by atoms with Crippen LogP contribution in [0.1, 0.15) is 12.0 Å². The van der Waals surface area contributed by atoms with Crippen molar-refractivity contribution in [2.45, 2.75) is 12.7 Å². The van der Waals surface area contributed by atoms with E-state index in [0.717, 1.165) is 12.0 Å². The molecule has 0 spiro atoms. The van der Waals surface area contributed by atoms with Gasteiger partial charge in [0.05, 0.1) is 0 Å². The van der Waals surface area contributed by atoms with Crippen LogP contribution in [-0.2, 0) is 0 Å². The third-order valence-corrected chi connectivity index (χ3v) is 2.82. The minimum absolute atomic E-state index is 0.559. The third-order valence-electron chi connectivity index (χ3n) is 2.82. The average molecular weight is 197 g/mol. The number of hydrogen-bond acceptors (Lipinski definition) is 1. The van der Waals surface area contributed by atoms with E-state index in [-0.39, 0.29) is 0 Å². The van der Waals surface area contributed by atoms with Gasteiger partial charge in [0.15, 0.2) is 0 Å². The minimum Gasteiger partial charge on any atom is -0.312 e. The molecule has 1 heterocycles. The topological polar surface area (TPSA) is 3.24 Å². The van der Waals surface area contributed by atoms with E-state index < -0.39 is 0 Å². The summed E-state index contributed by atoms with van der Waals surface area (Å²) in [6, 6.07) is 10.2. The quantitative estimate of drug-likeness (QED) is 0.453. The summed E-state index contributed by atoms with van der Waals surface area (Å²) in [5.74, 6) is 6.63. The summed E-state index contributed by atoms with van der Waals surface area (Å²) in [6.45, 7) is 1.78. The van der Waals surface area contributed by atoms with Gasteiger partial charge in [0, 0.05) is 5.56 Å². The highest BCUT2D eigenvalue weighted by atomic mass is 15.1. The first-order chi connectivity index (χ1) is 7.34. The molecule has 0 saturated carbocycles. The van der Waals surface area contributed by atoms with Crippen LogP contribution >= 0.6 is 0 Å². The molecular weight excluding hydrogens is 181 g/mol. The Hall–Kier alpha value is -1.20. The zero-order valence-electron chi connectivity index (χ0n) is 9.24. The first-order valence-electron chi connectivity index (χ1n) is 5.60. The van der Waals surface area contributed by atoms with E-state index in [4.69, 9.17) is 0 Å². The maximum atomic E-state index is 3.38. The molecule has 2 rings (SSSR count). The van der Waals surface area contributed by atoms with Crippen LogP contribution in [0, 0.1) is 11.7 Å². The lowest BCUT2D eigenvalue weighted by atomic mass is 9.46. The lowest BCUT2D eigenvalue weighted by Crippen LogP contribution is -2.37. The largest absolute Gasteiger partial charge is 0.312 e. The number of benzene rings is 1. The fourth-order valence-corrected chi connectivity index (χ4v) is 1.99. The molecule has 1 aliphatic rings. The second kappa shape index (κ2) is 5.05. The number of rotatable bonds is 0. The van der Waals surface area contributed by atoms with Crippen molar-refractivity contribution in [3.05, 3.63) is 35.9 Å². The predicted molar refractivity (Wildman–Crippen MR) is 66.0 cm³/mol. The molecule has 0 N–H and O–H groups in total. The molecule has 1 aliphatic heterocycles. The molecule has 1 nitrogen and oxygen atoms in total. The van der Waals surface area contributed by atoms with E-state index in [1.54, 1.807) is 0 Å². The normalized spacial score (nSPS) is 17.0. The van der Waals surface area contributed by atoms with Crippen molar-refractivity contribution in [2.75, 3.05) is 20.0 Å². The SMILES string of the molecule is CN1CCCB(C#Cc2ccccc2)C1. The van der Waals surface area contributed by atoms with Gasteiger partial charge < -0.3 is 4.90 Å². The Morgan fingerprint density at radius 3 is 2.80 bits per heavy atom. The lowest BCUT2D eigenvalue weighted by molar-refractivity contribution is 0.369. The highest BCUT2D eigenvalue weighted by Crippen LogP contribution is 2.07. The average Bonchev–Trinajstić information content (AvgIpc) is 2.28. The highest BCUT2D eigenvalue weighted by molar-refractivity contribution is 6.67. The molecular formula is C13H16BN. The predicted octanol–water partition coefficient (Wildman–Crippen LogP) is 1.95. The minimum atomic E-state index is 0.559. The molecule has 0 atom stereocenters. The highest BCUT2D eigenvalue weighted by Gasteiger charge is 2.18. The van der Waals surface area contributed by atoms with Gasteiger partial charge in [0.1, 0.15) is 0 Å². The van der Waals surface area contributed by atoms with Crippen LogP contribution in [0.5, 0.6) is 0 Å². The van der Waals surface area contributed by atoms with Gasteiger partial charge in [-0.3, -0.25) is 0 Å². The Morgan fingerprint density at radius 2 is 2.07 bits per heavy atom. The van der Waals surface area contributed by atoms with Crippen molar-refractivity contribution in [1.82, 2.24) is 4.90 Å². The van der Waals surface area contributed by atoms with Crippen LogP contribution in [0.15, 0.2) is 30.3 Å². The molecule has 1 fully saturated rings. The van der Waals surface area contributed by atoms with E-state index in [1.807, 2.05) is 18.2 Å². The maximum Gasteiger partial charge on any atom is 0.246 e. The number of hydrogen-bond donors (Lipinski definition) is 0. The van der Waals surface area contributed by atoms with Crippen molar-refractivity contribution in [3.63, 3.8) is 0 Å². The Morgan fingerprint density at radius 1 is 1.27 bits per heavy atom. The first kappa shape index (κ1) is 10.3. The van der Waals surface area contributed by atoms with Gasteiger partial charge in [0.2, 0.25) is 6.71 Å². The molecule has 0 radical (unpaired) electrons. The summed E-state index contributed by atoms with van der Waals surface area (Å²) < 4.78 is 0. The van der Waals surface area contributed by atoms with Crippen LogP contribution in [-0.4, -0.2) is 31.6 Å². The van der Waals surface area contributed by atoms with E-state index in [2.05, 4.69) is 35.8 Å². The molecule has 1 saturated heterocycles. The third kappa shape index (κ3) is 3.14. The van der Waals surface area contributed by atoms with E-state index in [9.17, 15) is 0 Å². The standard InChI is InChI=1S/C13H16BN/c1-15-11-5-9-14(12-15)10-8-13-6-3-2-4-7-13/h2-4,6-7H,5,9,11-12H2,1H3. The van der Waals surface area contributed by atoms with Crippen molar-refractivity contribution in [2.24, 2.45) is 0 Å². The molecule has 2 heteroatoms. The molecule has 15 heavy (non-hydrogen) atoms. The smallest absolute Gasteiger partial charge is 0.246 e. The van der Waals surface area contributed by atoms with Gasteiger partial charge in [-0.25, -0.2) is 0 Å². The van der Waals surface area contributed by atoms with Gasteiger partial charge in [-0.1, -0.05) is 30.4 Å². The van der Waals surface area contributed by atoms with Crippen molar-refractivity contribution in [3.8, 4) is 11.7 Å². The molecule has 0 aromatic heterocycles. The van der Waals surface area contributed by atoms with E-state index in [1.165, 1.54) is 19.3 Å². The first-order valence-corrected chi connectivity index (χ1v) is 5.60. The zero-order valence-corrected chi connectivity index (χ0v) is 9.24. The van der Waals surface area contributed by atoms with E-state index >= 15 is 0 Å². The van der Waals surface area contributed by atoms with Gasteiger partial charge in [0.25, 0.3) is 0 Å². The molecule has 0 unspecified atom stereocenters. The number of nitrogens with zero attached hydrogens (tertiary/aromatic N) is 1. The molecule has 0 amide bonds. The molecule has 0 bridgehead atoms. The van der Waals surface area contributed by atoms with Crippen molar-refractivity contribution < 1.29 is 0 Å². The van der Waals surface area contributed by atoms with Crippen LogP contribution in [0.4, 0.5) is 0 Å². The molecule has 1 aromatic rings. The summed E-state index contributed by atoms with van der Waals surface area (Å²) in [6.07, 6.45) is 3.66. The Kier molecular flexibility index (Phi) is 3.47. The van der Waals surface area contributed by atoms with Crippen molar-refractivity contribution >= 4 is 6.71 Å². The second-order valence-electron chi connectivity index (χ2n) is 4.24. The Balaban J connectivity index is 1.99. The van der Waals surface area contributed by atoms with Crippen LogP contribution < -0.4 is 0 Å². The van der Waals surface area contributed by atoms with Crippen LogP contribution in [0.3, 0.4) is 0 Å². The summed E-state index contributed by atoms with van der Waals surface area (Å²) in [4.78, 5) is 2.37. The molecule has 1 aromatic carbocycles. The van der Waals surface area contributed by atoms with Gasteiger partial charge in [-0.15, -0.1) is 5.82 Å². The van der Waals surface area contributed by atoms with E-state index in [0.29, 0.717) is 6.71 Å².